The van der Waals surface area contributed by atoms with Crippen molar-refractivity contribution < 1.29 is 83.6 Å². The first-order chi connectivity index (χ1) is 26.1. The van der Waals surface area contributed by atoms with Crippen LogP contribution in [-0.4, -0.2) is 170 Å². The molecule has 13 N–H and O–H groups in total. The van der Waals surface area contributed by atoms with Gasteiger partial charge in [0.15, 0.2) is 0 Å². The monoisotopic (exact) mass is 805 g/mol. The summed E-state index contributed by atoms with van der Waals surface area (Å²) in [6.07, 6.45) is -11.0. The van der Waals surface area contributed by atoms with E-state index in [1.807, 2.05) is 5.32 Å². The van der Waals surface area contributed by atoms with Gasteiger partial charge in [-0.15, -0.1) is 0 Å². The Kier molecular flexibility index (Phi) is 20.1. The molecule has 0 aromatic rings. The Morgan fingerprint density at radius 2 is 1.20 bits per heavy atom. The summed E-state index contributed by atoms with van der Waals surface area (Å²) in [4.78, 5) is 114. The molecule has 0 saturated carbocycles. The number of carbonyl (C=O) groups excluding carboxylic acids is 6. The van der Waals surface area contributed by atoms with E-state index < -0.39 is 165 Å². The van der Waals surface area contributed by atoms with E-state index in [4.69, 9.17) is 10.3 Å². The fraction of sp³-hybridized carbons (Fsp3) is 0.700. The molecule has 1 rings (SSSR count). The lowest BCUT2D eigenvalue weighted by atomic mass is 9.95. The van der Waals surface area contributed by atoms with E-state index >= 15 is 0 Å². The lowest BCUT2D eigenvalue weighted by molar-refractivity contribution is -0.227. The standard InChI is InChI=1S/C30H47N9O17/c1-11(2)22(38-27(52)13(4-5-19(42)43)36-29(54)14(6-20(44)45)35-18(41)9-33-39-31)30(55)37-15(7-21(46)47)28(53)34-12(3)26(51)32-8-16-23(48)25(50)24(49)17(10-40)56-16/h11-17,22-25,40,48-50H,4-10H2,1-3H3,(H,32,51)(H,34,53)(H,35,41)(H,36,54)(H,37,55)(H,38,52)(H,42,43)(H,44,45)(H,46,47)/t12-,13-,14-,15-,16?,17+,22-,23-,24?,25?/m0/s1. The van der Waals surface area contributed by atoms with Gasteiger partial charge >= 0.3 is 17.9 Å². The zero-order valence-electron chi connectivity index (χ0n) is 30.4. The molecule has 26 heteroatoms. The highest BCUT2D eigenvalue weighted by molar-refractivity contribution is 5.98. The third kappa shape index (κ3) is 16.0. The second-order valence-electron chi connectivity index (χ2n) is 12.8. The summed E-state index contributed by atoms with van der Waals surface area (Å²) >= 11 is 0. The Hall–Kier alpha value is -5.66. The van der Waals surface area contributed by atoms with E-state index in [1.54, 1.807) is 0 Å². The summed E-state index contributed by atoms with van der Waals surface area (Å²) in [6.45, 7) is 2.02. The number of azide groups is 1. The molecule has 10 atom stereocenters. The van der Waals surface area contributed by atoms with E-state index in [2.05, 4.69) is 36.6 Å². The zero-order valence-corrected chi connectivity index (χ0v) is 30.4. The first kappa shape index (κ1) is 48.4. The van der Waals surface area contributed by atoms with Gasteiger partial charge < -0.3 is 72.4 Å². The summed E-state index contributed by atoms with van der Waals surface area (Å²) in [6, 6.07) is -8.42. The molecular formula is C30H47N9O17. The summed E-state index contributed by atoms with van der Waals surface area (Å²) in [5.41, 5.74) is 8.39. The number of carbonyl (C=O) groups is 9. The number of rotatable bonds is 23. The van der Waals surface area contributed by atoms with Crippen LogP contribution in [0.15, 0.2) is 5.11 Å². The molecule has 0 radical (unpaired) electrons. The molecule has 314 valence electrons. The number of aliphatic carboxylic acids is 3. The number of aliphatic hydroxyl groups is 4. The van der Waals surface area contributed by atoms with Gasteiger partial charge in [0, 0.05) is 17.9 Å². The molecule has 1 fully saturated rings. The van der Waals surface area contributed by atoms with Crippen LogP contribution in [0.5, 0.6) is 0 Å². The minimum absolute atomic E-state index is 0.467. The van der Waals surface area contributed by atoms with Gasteiger partial charge in [-0.2, -0.15) is 0 Å². The maximum absolute atomic E-state index is 13.4. The number of ether oxygens (including phenoxy) is 1. The van der Waals surface area contributed by atoms with Crippen LogP contribution in [0.3, 0.4) is 0 Å². The molecule has 1 saturated heterocycles. The third-order valence-corrected chi connectivity index (χ3v) is 8.07. The van der Waals surface area contributed by atoms with Crippen LogP contribution in [0, 0.1) is 5.92 Å². The molecular weight excluding hydrogens is 758 g/mol. The van der Waals surface area contributed by atoms with Crippen molar-refractivity contribution in [1.82, 2.24) is 31.9 Å². The van der Waals surface area contributed by atoms with E-state index in [0.717, 1.165) is 0 Å². The van der Waals surface area contributed by atoms with Crippen molar-refractivity contribution >= 4 is 53.4 Å². The van der Waals surface area contributed by atoms with Gasteiger partial charge in [-0.3, -0.25) is 43.2 Å². The number of carboxylic acid groups (broad SMARTS) is 3. The number of nitrogens with one attached hydrogen (secondary N) is 6. The molecule has 0 spiro atoms. The van der Waals surface area contributed by atoms with Gasteiger partial charge in [-0.25, -0.2) is 0 Å². The minimum Gasteiger partial charge on any atom is -0.481 e. The Morgan fingerprint density at radius 3 is 1.71 bits per heavy atom. The number of aliphatic hydroxyl groups excluding tert-OH is 4. The maximum Gasteiger partial charge on any atom is 0.305 e. The van der Waals surface area contributed by atoms with Gasteiger partial charge in [0.2, 0.25) is 35.4 Å². The van der Waals surface area contributed by atoms with E-state index in [-0.39, 0.29) is 0 Å². The molecule has 0 bridgehead atoms. The van der Waals surface area contributed by atoms with Crippen LogP contribution < -0.4 is 31.9 Å². The smallest absolute Gasteiger partial charge is 0.305 e. The molecule has 1 aliphatic rings. The fourth-order valence-electron chi connectivity index (χ4n) is 5.04. The number of hydrogen-bond acceptors (Lipinski definition) is 15. The average Bonchev–Trinajstić information content (AvgIpc) is 3.11. The van der Waals surface area contributed by atoms with Crippen LogP contribution in [0.4, 0.5) is 0 Å². The lowest BCUT2D eigenvalue weighted by Gasteiger charge is -2.40. The van der Waals surface area contributed by atoms with Crippen molar-refractivity contribution in [2.75, 3.05) is 19.7 Å². The SMILES string of the molecule is CC(C)[C@H](NC(=O)[C@H](CCC(=O)O)NC(=O)[C@H](CC(=O)O)NC(=O)CN=[N+]=[N-])C(=O)N[C@@H](CC(=O)O)C(=O)N[C@@H](C)C(=O)NCC1O[C@H](CO)C(O)C(O)[C@H]1O. The van der Waals surface area contributed by atoms with E-state index in [0.29, 0.717) is 0 Å². The largest absolute Gasteiger partial charge is 0.481 e. The van der Waals surface area contributed by atoms with Gasteiger partial charge in [-0.05, 0) is 24.8 Å². The molecule has 26 nitrogen and oxygen atoms in total. The average molecular weight is 806 g/mol. The molecule has 3 unspecified atom stereocenters. The summed E-state index contributed by atoms with van der Waals surface area (Å²) < 4.78 is 5.29. The number of hydrogen-bond donors (Lipinski definition) is 13. The quantitative estimate of drug-likeness (QED) is 0.0260. The lowest BCUT2D eigenvalue weighted by Crippen LogP contribution is -2.62. The highest BCUT2D eigenvalue weighted by Gasteiger charge is 2.43. The second-order valence-corrected chi connectivity index (χ2v) is 12.8. The fourth-order valence-corrected chi connectivity index (χ4v) is 5.04. The van der Waals surface area contributed by atoms with Crippen molar-refractivity contribution in [2.24, 2.45) is 11.0 Å². The van der Waals surface area contributed by atoms with Gasteiger partial charge in [0.25, 0.3) is 0 Å². The predicted octanol–water partition coefficient (Wildman–Crippen LogP) is -5.83. The molecule has 0 aromatic heterocycles. The maximum atomic E-state index is 13.4. The van der Waals surface area contributed by atoms with Crippen molar-refractivity contribution in [3.05, 3.63) is 10.4 Å². The van der Waals surface area contributed by atoms with Crippen LogP contribution in [0.25, 0.3) is 10.4 Å². The number of carboxylic acids is 3. The molecule has 56 heavy (non-hydrogen) atoms. The zero-order chi connectivity index (χ0) is 42.9. The molecule has 0 aliphatic carbocycles. The second kappa shape index (κ2) is 23.3. The Labute approximate surface area is 317 Å². The molecule has 1 aliphatic heterocycles. The van der Waals surface area contributed by atoms with Crippen LogP contribution in [0.2, 0.25) is 0 Å². The molecule has 6 amide bonds. The Balaban J connectivity index is 3.11. The topological polar surface area (TPSA) is 425 Å². The van der Waals surface area contributed by atoms with Crippen LogP contribution >= 0.6 is 0 Å². The van der Waals surface area contributed by atoms with Gasteiger partial charge in [0.1, 0.15) is 67.3 Å². The summed E-state index contributed by atoms with van der Waals surface area (Å²) in [7, 11) is 0. The normalized spacial score (nSPS) is 21.7. The highest BCUT2D eigenvalue weighted by atomic mass is 16.5. The minimum atomic E-state index is -1.85. The van der Waals surface area contributed by atoms with Gasteiger partial charge in [-0.1, -0.05) is 19.0 Å². The molecule has 0 aromatic carbocycles. The van der Waals surface area contributed by atoms with E-state index in [1.165, 1.54) is 20.8 Å². The summed E-state index contributed by atoms with van der Waals surface area (Å²) in [5, 5.41) is 83.2. The van der Waals surface area contributed by atoms with Crippen LogP contribution in [0.1, 0.15) is 46.5 Å². The van der Waals surface area contributed by atoms with Crippen molar-refractivity contribution in [3.8, 4) is 0 Å². The first-order valence-corrected chi connectivity index (χ1v) is 16.9. The summed E-state index contributed by atoms with van der Waals surface area (Å²) in [5.74, 6) is -12.1. The van der Waals surface area contributed by atoms with E-state index in [9.17, 15) is 78.9 Å². The Bertz CT molecular complexity index is 1510. The van der Waals surface area contributed by atoms with Gasteiger partial charge in [0.05, 0.1) is 19.4 Å². The number of amides is 6. The third-order valence-electron chi connectivity index (χ3n) is 8.07. The van der Waals surface area contributed by atoms with Crippen LogP contribution in [-0.2, 0) is 47.9 Å². The van der Waals surface area contributed by atoms with Crippen molar-refractivity contribution in [2.45, 2.75) is 107 Å². The highest BCUT2D eigenvalue weighted by Crippen LogP contribution is 2.20. The van der Waals surface area contributed by atoms with Crippen molar-refractivity contribution in [1.29, 1.82) is 0 Å². The predicted molar refractivity (Wildman–Crippen MR) is 182 cm³/mol. The Morgan fingerprint density at radius 1 is 0.679 bits per heavy atom. The number of nitrogens with zero attached hydrogens (tertiary/aromatic N) is 3. The van der Waals surface area contributed by atoms with Crippen molar-refractivity contribution in [3.63, 3.8) is 0 Å². The molecule has 1 heterocycles. The first-order valence-electron chi connectivity index (χ1n) is 16.9.